The summed E-state index contributed by atoms with van der Waals surface area (Å²) in [5.74, 6) is 1.34. The van der Waals surface area contributed by atoms with Gasteiger partial charge in [-0.05, 0) is 55.5 Å². The fourth-order valence-electron chi connectivity index (χ4n) is 3.75. The van der Waals surface area contributed by atoms with Gasteiger partial charge in [-0.25, -0.2) is 13.9 Å². The van der Waals surface area contributed by atoms with Crippen LogP contribution >= 0.6 is 0 Å². The molecule has 7 nitrogen and oxygen atoms in total. The number of aromatic nitrogens is 3. The predicted octanol–water partition coefficient (Wildman–Crippen LogP) is 2.22. The van der Waals surface area contributed by atoms with Crippen LogP contribution in [0.25, 0.3) is 16.6 Å². The lowest BCUT2D eigenvalue weighted by molar-refractivity contribution is -0.133. The van der Waals surface area contributed by atoms with Crippen molar-refractivity contribution in [3.8, 4) is 5.75 Å². The van der Waals surface area contributed by atoms with Gasteiger partial charge in [-0.2, -0.15) is 0 Å². The van der Waals surface area contributed by atoms with Gasteiger partial charge in [-0.15, -0.1) is 5.10 Å². The van der Waals surface area contributed by atoms with Gasteiger partial charge in [-0.1, -0.05) is 6.92 Å². The van der Waals surface area contributed by atoms with Crippen LogP contribution in [0.15, 0.2) is 29.1 Å². The summed E-state index contributed by atoms with van der Waals surface area (Å²) < 4.78 is 8.14. The highest BCUT2D eigenvalue weighted by atomic mass is 16.5. The van der Waals surface area contributed by atoms with Crippen LogP contribution in [0.1, 0.15) is 25.3 Å². The molecule has 27 heavy (non-hydrogen) atoms. The second kappa shape index (κ2) is 6.72. The lowest BCUT2D eigenvalue weighted by Gasteiger charge is -2.30. The Kier molecular flexibility index (Phi) is 4.37. The standard InChI is InChI=1S/C20H24N4O3/c1-13-6-8-22(9-7-13)18(25)12-23-20(26)24-17-5-4-16(27-3)11-15(17)10-14(2)19(24)21-23/h4-5,10-11,13H,6-9,12H2,1-3H3. The number of carbonyl (C=O) groups excluding carboxylic acids is 1. The van der Waals surface area contributed by atoms with Crippen LogP contribution in [0.2, 0.25) is 0 Å². The number of carbonyl (C=O) groups is 1. The Morgan fingerprint density at radius 1 is 1.26 bits per heavy atom. The highest BCUT2D eigenvalue weighted by Crippen LogP contribution is 2.23. The van der Waals surface area contributed by atoms with Crippen LogP contribution in [0.5, 0.6) is 5.75 Å². The Morgan fingerprint density at radius 3 is 2.70 bits per heavy atom. The second-order valence-electron chi connectivity index (χ2n) is 7.41. The number of hydrogen-bond acceptors (Lipinski definition) is 4. The van der Waals surface area contributed by atoms with Gasteiger partial charge < -0.3 is 9.64 Å². The Labute approximate surface area is 157 Å². The van der Waals surface area contributed by atoms with Crippen molar-refractivity contribution in [3.05, 3.63) is 40.3 Å². The van der Waals surface area contributed by atoms with Crippen molar-refractivity contribution in [2.24, 2.45) is 5.92 Å². The summed E-state index contributed by atoms with van der Waals surface area (Å²) in [5.41, 5.74) is 1.93. The fraction of sp³-hybridized carbons (Fsp3) is 0.450. The molecular weight excluding hydrogens is 344 g/mol. The first kappa shape index (κ1) is 17.6. The SMILES string of the molecule is COc1ccc2c(c1)cc(C)c1nn(CC(=O)N3CCC(C)CC3)c(=O)n12. The largest absolute Gasteiger partial charge is 0.497 e. The third-order valence-electron chi connectivity index (χ3n) is 5.46. The Bertz CT molecular complexity index is 1070. The first-order chi connectivity index (χ1) is 13.0. The zero-order chi connectivity index (χ0) is 19.1. The van der Waals surface area contributed by atoms with E-state index in [0.29, 0.717) is 11.6 Å². The smallest absolute Gasteiger partial charge is 0.351 e. The molecule has 0 aliphatic carbocycles. The summed E-state index contributed by atoms with van der Waals surface area (Å²) in [6, 6.07) is 7.55. The van der Waals surface area contributed by atoms with Gasteiger partial charge in [0.1, 0.15) is 12.3 Å². The van der Waals surface area contributed by atoms with Crippen LogP contribution < -0.4 is 10.4 Å². The van der Waals surface area contributed by atoms with E-state index in [1.165, 1.54) is 4.68 Å². The molecule has 0 spiro atoms. The molecule has 3 aromatic rings. The molecule has 0 atom stereocenters. The molecule has 1 saturated heterocycles. The fourth-order valence-corrected chi connectivity index (χ4v) is 3.75. The molecule has 0 radical (unpaired) electrons. The number of piperidine rings is 1. The van der Waals surface area contributed by atoms with Crippen LogP contribution in [0, 0.1) is 12.8 Å². The lowest BCUT2D eigenvalue weighted by Crippen LogP contribution is -2.41. The molecule has 2 aromatic heterocycles. The van der Waals surface area contributed by atoms with E-state index < -0.39 is 0 Å². The third-order valence-corrected chi connectivity index (χ3v) is 5.46. The molecule has 1 fully saturated rings. The highest BCUT2D eigenvalue weighted by molar-refractivity contribution is 5.84. The van der Waals surface area contributed by atoms with Crippen LogP contribution in [0.4, 0.5) is 0 Å². The van der Waals surface area contributed by atoms with E-state index in [2.05, 4.69) is 12.0 Å². The van der Waals surface area contributed by atoms with Crippen molar-refractivity contribution in [2.75, 3.05) is 20.2 Å². The number of ether oxygens (including phenoxy) is 1. The molecule has 1 aromatic carbocycles. The van der Waals surface area contributed by atoms with Crippen molar-refractivity contribution < 1.29 is 9.53 Å². The van der Waals surface area contributed by atoms with E-state index in [4.69, 9.17) is 4.74 Å². The lowest BCUT2D eigenvalue weighted by atomic mass is 9.99. The number of hydrogen-bond donors (Lipinski definition) is 0. The summed E-state index contributed by atoms with van der Waals surface area (Å²) in [4.78, 5) is 27.5. The summed E-state index contributed by atoms with van der Waals surface area (Å²) in [6.45, 7) is 5.61. The Hall–Kier alpha value is -2.83. The number of methoxy groups -OCH3 is 1. The second-order valence-corrected chi connectivity index (χ2v) is 7.41. The Morgan fingerprint density at radius 2 is 2.00 bits per heavy atom. The molecule has 1 aliphatic heterocycles. The zero-order valence-electron chi connectivity index (χ0n) is 15.9. The number of aryl methyl sites for hydroxylation is 1. The van der Waals surface area contributed by atoms with Gasteiger partial charge >= 0.3 is 5.69 Å². The van der Waals surface area contributed by atoms with Crippen molar-refractivity contribution in [3.63, 3.8) is 0 Å². The Balaban J connectivity index is 1.73. The normalized spacial score (nSPS) is 15.6. The number of rotatable bonds is 3. The van der Waals surface area contributed by atoms with E-state index in [-0.39, 0.29) is 18.1 Å². The molecule has 1 amide bonds. The predicted molar refractivity (Wildman–Crippen MR) is 103 cm³/mol. The quantitative estimate of drug-likeness (QED) is 0.711. The number of likely N-dealkylation sites (tertiary alicyclic amines) is 1. The first-order valence-corrected chi connectivity index (χ1v) is 9.32. The van der Waals surface area contributed by atoms with Gasteiger partial charge in [-0.3, -0.25) is 4.79 Å². The first-order valence-electron chi connectivity index (χ1n) is 9.32. The summed E-state index contributed by atoms with van der Waals surface area (Å²) >= 11 is 0. The van der Waals surface area contributed by atoms with Crippen molar-refractivity contribution >= 4 is 22.5 Å². The number of pyridine rings is 1. The molecule has 0 bridgehead atoms. The van der Waals surface area contributed by atoms with Crippen molar-refractivity contribution in [1.29, 1.82) is 0 Å². The minimum Gasteiger partial charge on any atom is -0.497 e. The number of amides is 1. The van der Waals surface area contributed by atoms with E-state index in [9.17, 15) is 9.59 Å². The van der Waals surface area contributed by atoms with Crippen LogP contribution in [-0.2, 0) is 11.3 Å². The number of benzene rings is 1. The maximum atomic E-state index is 13.0. The van der Waals surface area contributed by atoms with E-state index >= 15 is 0 Å². The summed E-state index contributed by atoms with van der Waals surface area (Å²) in [7, 11) is 1.61. The average molecular weight is 368 g/mol. The zero-order valence-corrected chi connectivity index (χ0v) is 15.9. The summed E-state index contributed by atoms with van der Waals surface area (Å²) in [5, 5.41) is 5.34. The van der Waals surface area contributed by atoms with Gasteiger partial charge in [0.2, 0.25) is 5.91 Å². The molecular formula is C20H24N4O3. The summed E-state index contributed by atoms with van der Waals surface area (Å²) in [6.07, 6.45) is 2.02. The molecule has 3 heterocycles. The third kappa shape index (κ3) is 3.07. The highest BCUT2D eigenvalue weighted by Gasteiger charge is 2.22. The minimum absolute atomic E-state index is 0.0218. The van der Waals surface area contributed by atoms with Gasteiger partial charge in [0.15, 0.2) is 5.65 Å². The molecule has 4 rings (SSSR count). The maximum Gasteiger partial charge on any atom is 0.351 e. The van der Waals surface area contributed by atoms with Crippen molar-refractivity contribution in [2.45, 2.75) is 33.2 Å². The van der Waals surface area contributed by atoms with E-state index in [1.807, 2.05) is 36.1 Å². The van der Waals surface area contributed by atoms with Crippen LogP contribution in [0.3, 0.4) is 0 Å². The van der Waals surface area contributed by atoms with E-state index in [1.54, 1.807) is 11.5 Å². The molecule has 0 N–H and O–H groups in total. The van der Waals surface area contributed by atoms with E-state index in [0.717, 1.165) is 48.1 Å². The molecule has 7 heteroatoms. The van der Waals surface area contributed by atoms with Crippen molar-refractivity contribution in [1.82, 2.24) is 19.1 Å². The molecule has 1 aliphatic rings. The van der Waals surface area contributed by atoms with Crippen LogP contribution in [-0.4, -0.2) is 45.2 Å². The number of nitrogens with zero attached hydrogens (tertiary/aromatic N) is 4. The molecule has 0 unspecified atom stereocenters. The monoisotopic (exact) mass is 368 g/mol. The topological polar surface area (TPSA) is 68.8 Å². The minimum atomic E-state index is -0.289. The number of fused-ring (bicyclic) bond motifs is 3. The molecule has 142 valence electrons. The average Bonchev–Trinajstić information content (AvgIpc) is 2.99. The van der Waals surface area contributed by atoms with Gasteiger partial charge in [0, 0.05) is 18.5 Å². The van der Waals surface area contributed by atoms with Gasteiger partial charge in [0.25, 0.3) is 0 Å². The maximum absolute atomic E-state index is 13.0. The van der Waals surface area contributed by atoms with Gasteiger partial charge in [0.05, 0.1) is 12.6 Å². The molecule has 0 saturated carbocycles.